The van der Waals surface area contributed by atoms with Gasteiger partial charge in [0, 0.05) is 0 Å². The number of rotatable bonds is 2. The van der Waals surface area contributed by atoms with Gasteiger partial charge in [-0.25, -0.2) is 0 Å². The van der Waals surface area contributed by atoms with Gasteiger partial charge in [-0.3, -0.25) is 0 Å². The van der Waals surface area contributed by atoms with Crippen LogP contribution < -0.4 is 0 Å². The molecular weight excluding hydrogens is 144 g/mol. The fourth-order valence-corrected chi connectivity index (χ4v) is 0.146. The first-order valence-corrected chi connectivity index (χ1v) is 2.78. The Kier molecular flexibility index (Phi) is 17.2. The fourth-order valence-electron chi connectivity index (χ4n) is 0.146. The molecule has 60 valence electrons. The van der Waals surface area contributed by atoms with E-state index in [-0.39, 0.29) is 6.42 Å². The van der Waals surface area contributed by atoms with E-state index in [0.29, 0.717) is 0 Å². The van der Waals surface area contributed by atoms with Gasteiger partial charge in [0.25, 0.3) is 0 Å². The fraction of sp³-hybridized carbons (Fsp3) is 0.429. The summed E-state index contributed by atoms with van der Waals surface area (Å²) in [6.45, 7) is 0. The van der Waals surface area contributed by atoms with Crippen LogP contribution in [0.5, 0.6) is 0 Å². The third-order valence-corrected chi connectivity index (χ3v) is 0.486. The van der Waals surface area contributed by atoms with Gasteiger partial charge in [0.15, 0.2) is 0 Å². The molecule has 0 rings (SSSR count). The number of hydrogen-bond donors (Lipinski definition) is 0. The zero-order valence-corrected chi connectivity index (χ0v) is 6.57. The Hall–Kier alpha value is -1.68. The molecule has 0 aliphatic rings. The molecular formula is C7H10N2O2. The molecule has 0 unspecified atom stereocenters. The quantitative estimate of drug-likeness (QED) is 0.560. The summed E-state index contributed by atoms with van der Waals surface area (Å²) in [5.74, 6) is 0. The lowest BCUT2D eigenvalue weighted by Crippen LogP contribution is -1.66. The van der Waals surface area contributed by atoms with Gasteiger partial charge in [0.05, 0.1) is 26.4 Å². The van der Waals surface area contributed by atoms with E-state index < -0.39 is 0 Å². The van der Waals surface area contributed by atoms with Crippen molar-refractivity contribution in [1.29, 1.82) is 10.5 Å². The van der Waals surface area contributed by atoms with Crippen LogP contribution in [0.4, 0.5) is 0 Å². The summed E-state index contributed by atoms with van der Waals surface area (Å²) in [7, 11) is 3.13. The minimum atomic E-state index is 0. The van der Waals surface area contributed by atoms with Gasteiger partial charge in [-0.2, -0.15) is 10.5 Å². The summed E-state index contributed by atoms with van der Waals surface area (Å²) >= 11 is 0. The molecule has 0 aliphatic heterocycles. The van der Waals surface area contributed by atoms with Crippen LogP contribution in [0.1, 0.15) is 6.42 Å². The molecule has 0 aliphatic carbocycles. The second kappa shape index (κ2) is 15.8. The largest absolute Gasteiger partial charge is 0.501 e. The lowest BCUT2D eigenvalue weighted by atomic mass is 10.5. The number of hydrogen-bond acceptors (Lipinski definition) is 4. The van der Waals surface area contributed by atoms with Crippen LogP contribution in [0, 0.1) is 22.7 Å². The average molecular weight is 154 g/mol. The van der Waals surface area contributed by atoms with Crippen LogP contribution in [0.15, 0.2) is 12.5 Å². The molecule has 0 saturated carbocycles. The van der Waals surface area contributed by atoms with Gasteiger partial charge in [-0.05, 0) is 0 Å². The maximum absolute atomic E-state index is 7.59. The first-order chi connectivity index (χ1) is 5.33. The maximum Gasteiger partial charge on any atom is 0.122 e. The van der Waals surface area contributed by atoms with E-state index in [0.717, 1.165) is 0 Å². The third kappa shape index (κ3) is 30.1. The molecule has 0 amide bonds. The Morgan fingerprint density at radius 2 is 1.45 bits per heavy atom. The Labute approximate surface area is 66.3 Å². The highest BCUT2D eigenvalue weighted by atomic mass is 16.5. The summed E-state index contributed by atoms with van der Waals surface area (Å²) < 4.78 is 8.95. The molecule has 0 aromatic rings. The van der Waals surface area contributed by atoms with Crippen molar-refractivity contribution >= 4 is 0 Å². The SMILES string of the molecule is COC=COC.N#CCC#N. The summed E-state index contributed by atoms with van der Waals surface area (Å²) in [5, 5.41) is 15.2. The highest BCUT2D eigenvalue weighted by molar-refractivity contribution is 4.85. The third-order valence-electron chi connectivity index (χ3n) is 0.486. The minimum absolute atomic E-state index is 0. The smallest absolute Gasteiger partial charge is 0.122 e. The number of methoxy groups -OCH3 is 2. The lowest BCUT2D eigenvalue weighted by Gasteiger charge is -1.83. The first kappa shape index (κ1) is 12.0. The van der Waals surface area contributed by atoms with E-state index in [1.807, 2.05) is 0 Å². The van der Waals surface area contributed by atoms with Crippen LogP contribution in [0.25, 0.3) is 0 Å². The zero-order chi connectivity index (χ0) is 8.95. The molecule has 0 aromatic heterocycles. The number of nitrogens with zero attached hydrogens (tertiary/aromatic N) is 2. The molecule has 4 nitrogen and oxygen atoms in total. The summed E-state index contributed by atoms with van der Waals surface area (Å²) in [6, 6.07) is 3.31. The second-order valence-corrected chi connectivity index (χ2v) is 1.24. The van der Waals surface area contributed by atoms with Gasteiger partial charge < -0.3 is 9.47 Å². The molecule has 0 heterocycles. The molecule has 0 spiro atoms. The lowest BCUT2D eigenvalue weighted by molar-refractivity contribution is 0.284. The summed E-state index contributed by atoms with van der Waals surface area (Å²) in [6.07, 6.45) is 2.92. The standard InChI is InChI=1S/C4H8O2.C3H2N2/c1-5-3-4-6-2;4-2-1-3-5/h3-4H,1-2H3;1H2. The van der Waals surface area contributed by atoms with Gasteiger partial charge in [0.2, 0.25) is 0 Å². The van der Waals surface area contributed by atoms with E-state index in [1.54, 1.807) is 26.4 Å². The van der Waals surface area contributed by atoms with Crippen LogP contribution in [0.3, 0.4) is 0 Å². The van der Waals surface area contributed by atoms with Gasteiger partial charge >= 0.3 is 0 Å². The predicted octanol–water partition coefficient (Wildman–Crippen LogP) is 1.17. The topological polar surface area (TPSA) is 66.0 Å². The second-order valence-electron chi connectivity index (χ2n) is 1.24. The van der Waals surface area contributed by atoms with Crippen molar-refractivity contribution in [3.63, 3.8) is 0 Å². The molecule has 0 radical (unpaired) electrons. The van der Waals surface area contributed by atoms with Crippen molar-refractivity contribution < 1.29 is 9.47 Å². The molecule has 0 saturated heterocycles. The predicted molar refractivity (Wildman–Crippen MR) is 39.0 cm³/mol. The van der Waals surface area contributed by atoms with Gasteiger partial charge in [-0.15, -0.1) is 0 Å². The molecule has 0 atom stereocenters. The van der Waals surface area contributed by atoms with Gasteiger partial charge in [0.1, 0.15) is 18.9 Å². The Bertz CT molecular complexity index is 146. The molecule has 0 fully saturated rings. The molecule has 0 N–H and O–H groups in total. The van der Waals surface area contributed by atoms with E-state index in [4.69, 9.17) is 10.5 Å². The van der Waals surface area contributed by atoms with E-state index >= 15 is 0 Å². The van der Waals surface area contributed by atoms with Crippen molar-refractivity contribution in [3.05, 3.63) is 12.5 Å². The van der Waals surface area contributed by atoms with Crippen molar-refractivity contribution in [3.8, 4) is 12.1 Å². The average Bonchev–Trinajstić information content (AvgIpc) is 2.04. The highest BCUT2D eigenvalue weighted by Gasteiger charge is 1.61. The monoisotopic (exact) mass is 154 g/mol. The number of ether oxygens (including phenoxy) is 2. The van der Waals surface area contributed by atoms with Crippen LogP contribution in [0.2, 0.25) is 0 Å². The van der Waals surface area contributed by atoms with E-state index in [2.05, 4.69) is 9.47 Å². The van der Waals surface area contributed by atoms with Gasteiger partial charge in [-0.1, -0.05) is 0 Å². The molecule has 0 aromatic carbocycles. The Morgan fingerprint density at radius 3 is 1.55 bits per heavy atom. The van der Waals surface area contributed by atoms with Crippen molar-refractivity contribution in [2.75, 3.05) is 14.2 Å². The molecule has 11 heavy (non-hydrogen) atoms. The van der Waals surface area contributed by atoms with Crippen molar-refractivity contribution in [1.82, 2.24) is 0 Å². The minimum Gasteiger partial charge on any atom is -0.501 e. The van der Waals surface area contributed by atoms with E-state index in [9.17, 15) is 0 Å². The zero-order valence-electron chi connectivity index (χ0n) is 6.57. The summed E-state index contributed by atoms with van der Waals surface area (Å²) in [5.41, 5.74) is 0. The molecule has 0 bridgehead atoms. The Balaban J connectivity index is 0. The first-order valence-electron chi connectivity index (χ1n) is 2.78. The van der Waals surface area contributed by atoms with Crippen molar-refractivity contribution in [2.45, 2.75) is 6.42 Å². The van der Waals surface area contributed by atoms with Crippen molar-refractivity contribution in [2.24, 2.45) is 0 Å². The van der Waals surface area contributed by atoms with E-state index in [1.165, 1.54) is 12.5 Å². The summed E-state index contributed by atoms with van der Waals surface area (Å²) in [4.78, 5) is 0. The van der Waals surface area contributed by atoms with Crippen LogP contribution >= 0.6 is 0 Å². The normalized spacial score (nSPS) is 6.91. The van der Waals surface area contributed by atoms with Crippen LogP contribution in [-0.2, 0) is 9.47 Å². The highest BCUT2D eigenvalue weighted by Crippen LogP contribution is 1.68. The number of nitriles is 2. The maximum atomic E-state index is 7.59. The van der Waals surface area contributed by atoms with Crippen LogP contribution in [-0.4, -0.2) is 14.2 Å². The Morgan fingerprint density at radius 1 is 1.09 bits per heavy atom. The molecule has 4 heteroatoms.